The fourth-order valence-electron chi connectivity index (χ4n) is 2.11. The van der Waals surface area contributed by atoms with Gasteiger partial charge in [-0.15, -0.1) is 25.0 Å². The van der Waals surface area contributed by atoms with Gasteiger partial charge in [-0.05, 0) is 0 Å². The molecule has 0 saturated carbocycles. The van der Waals surface area contributed by atoms with Gasteiger partial charge >= 0.3 is 0 Å². The minimum absolute atomic E-state index is 0. The van der Waals surface area contributed by atoms with Crippen LogP contribution in [-0.4, -0.2) is 0 Å². The molecule has 0 aliphatic heterocycles. The van der Waals surface area contributed by atoms with E-state index in [1.807, 2.05) is 20.3 Å². The van der Waals surface area contributed by atoms with E-state index in [4.69, 9.17) is 0 Å². The second-order valence-corrected chi connectivity index (χ2v) is 4.48. The predicted octanol–water partition coefficient (Wildman–Crippen LogP) is 5.29. The van der Waals surface area contributed by atoms with Crippen LogP contribution < -0.4 is 0 Å². The molecular formula is C17H27Y2-3. The number of hydrogen-bond donors (Lipinski definition) is 0. The summed E-state index contributed by atoms with van der Waals surface area (Å²) in [5, 5.41) is 0. The Morgan fingerprint density at radius 1 is 0.526 bits per heavy atom. The average molecular weight is 409 g/mol. The number of rotatable bonds is 2. The molecule has 0 spiro atoms. The first-order valence-corrected chi connectivity index (χ1v) is 6.39. The molecule has 0 fully saturated rings. The van der Waals surface area contributed by atoms with Crippen molar-refractivity contribution in [3.63, 3.8) is 0 Å². The Labute approximate surface area is 171 Å². The normalized spacial score (nSPS) is 8.42. The van der Waals surface area contributed by atoms with Gasteiger partial charge in [0.2, 0.25) is 0 Å². The van der Waals surface area contributed by atoms with Crippen molar-refractivity contribution in [2.45, 2.75) is 55.4 Å². The van der Waals surface area contributed by atoms with Crippen LogP contribution in [-0.2, 0) is 65.4 Å². The molecule has 0 aliphatic rings. The minimum atomic E-state index is 0. The number of hydrogen-bond acceptors (Lipinski definition) is 0. The predicted molar refractivity (Wildman–Crippen MR) is 79.2 cm³/mol. The molecule has 2 radical (unpaired) electrons. The van der Waals surface area contributed by atoms with Gasteiger partial charge in [-0.2, -0.15) is 13.8 Å². The summed E-state index contributed by atoms with van der Waals surface area (Å²) in [6.45, 7) is 17.1. The van der Waals surface area contributed by atoms with Gasteiger partial charge in [0.15, 0.2) is 0 Å². The van der Waals surface area contributed by atoms with E-state index in [-0.39, 0.29) is 65.4 Å². The van der Waals surface area contributed by atoms with Crippen molar-refractivity contribution in [3.8, 4) is 0 Å². The summed E-state index contributed by atoms with van der Waals surface area (Å²) in [6, 6.07) is 0. The largest absolute Gasteiger partial charge is 0.335 e. The first-order valence-electron chi connectivity index (χ1n) is 6.39. The zero-order chi connectivity index (χ0) is 13.6. The van der Waals surface area contributed by atoms with Gasteiger partial charge < -0.3 is 6.42 Å². The summed E-state index contributed by atoms with van der Waals surface area (Å²) >= 11 is 0. The molecule has 1 aromatic rings. The molecule has 0 N–H and O–H groups in total. The molecule has 0 atom stereocenters. The van der Waals surface area contributed by atoms with E-state index in [1.165, 1.54) is 33.4 Å². The summed E-state index contributed by atoms with van der Waals surface area (Å²) in [6.07, 6.45) is 6.42. The van der Waals surface area contributed by atoms with Crippen LogP contribution in [0.3, 0.4) is 0 Å². The van der Waals surface area contributed by atoms with Crippen molar-refractivity contribution in [2.75, 3.05) is 0 Å². The van der Waals surface area contributed by atoms with E-state index >= 15 is 0 Å². The summed E-state index contributed by atoms with van der Waals surface area (Å²) in [5.74, 6) is 0. The van der Waals surface area contributed by atoms with Crippen LogP contribution in [0.25, 0.3) is 0 Å². The quantitative estimate of drug-likeness (QED) is 0.583. The second-order valence-electron chi connectivity index (χ2n) is 4.48. The molecule has 1 rings (SSSR count). The van der Waals surface area contributed by atoms with E-state index in [0.29, 0.717) is 0 Å². The van der Waals surface area contributed by atoms with Gasteiger partial charge in [0, 0.05) is 65.4 Å². The monoisotopic (exact) mass is 409 g/mol. The molecule has 19 heavy (non-hydrogen) atoms. The Morgan fingerprint density at radius 2 is 0.737 bits per heavy atom. The first kappa shape index (κ1) is 25.1. The first-order chi connectivity index (χ1) is 7.95. The molecule has 0 aliphatic carbocycles. The standard InChI is InChI=1S/C14H20.C3H7.2Y/c1-7-13-11(5)9(3)10(4)12(6)14(13)8-2;1-3-2;;/h7-8H,1-6H3;3H,1-2H3;;/q-2;-1;;. The Morgan fingerprint density at radius 3 is 0.895 bits per heavy atom. The van der Waals surface area contributed by atoms with Gasteiger partial charge in [-0.1, -0.05) is 27.7 Å². The molecule has 0 nitrogen and oxygen atoms in total. The van der Waals surface area contributed by atoms with E-state index in [9.17, 15) is 0 Å². The summed E-state index contributed by atoms with van der Waals surface area (Å²) in [5.41, 5.74) is 8.50. The topological polar surface area (TPSA) is 0 Å². The van der Waals surface area contributed by atoms with Crippen LogP contribution in [0.15, 0.2) is 0 Å². The van der Waals surface area contributed by atoms with Crippen LogP contribution >= 0.6 is 0 Å². The molecule has 0 unspecified atom stereocenters. The molecule has 0 bridgehead atoms. The third-order valence-corrected chi connectivity index (χ3v) is 3.36. The molecule has 0 heterocycles. The maximum absolute atomic E-state index is 2.21. The fourth-order valence-corrected chi connectivity index (χ4v) is 2.11. The van der Waals surface area contributed by atoms with E-state index in [2.05, 4.69) is 54.4 Å². The molecule has 0 saturated heterocycles. The summed E-state index contributed by atoms with van der Waals surface area (Å²) in [4.78, 5) is 0. The zero-order valence-corrected chi connectivity index (χ0v) is 19.6. The molecule has 0 aromatic heterocycles. The van der Waals surface area contributed by atoms with Gasteiger partial charge in [0.1, 0.15) is 0 Å². The van der Waals surface area contributed by atoms with E-state index < -0.39 is 0 Å². The summed E-state index contributed by atoms with van der Waals surface area (Å²) in [7, 11) is 0. The van der Waals surface area contributed by atoms with E-state index in [1.54, 1.807) is 0 Å². The van der Waals surface area contributed by atoms with Gasteiger partial charge in [-0.3, -0.25) is 11.1 Å². The third-order valence-electron chi connectivity index (χ3n) is 3.36. The van der Waals surface area contributed by atoms with E-state index in [0.717, 1.165) is 0 Å². The minimum Gasteiger partial charge on any atom is -0.335 e. The van der Waals surface area contributed by atoms with Crippen molar-refractivity contribution >= 4 is 0 Å². The Bertz CT molecular complexity index is 333. The van der Waals surface area contributed by atoms with Crippen LogP contribution in [0.4, 0.5) is 0 Å². The van der Waals surface area contributed by atoms with Crippen molar-refractivity contribution < 1.29 is 65.4 Å². The molecular weight excluding hydrogens is 382 g/mol. The van der Waals surface area contributed by atoms with Crippen LogP contribution in [0.2, 0.25) is 0 Å². The SMILES string of the molecule is C[CH-]C.C[CH-]c1c(C)c(C)c(C)c(C)c1[CH-]C.[Y].[Y]. The second kappa shape index (κ2) is 12.9. The Kier molecular flexibility index (Phi) is 17.0. The maximum Gasteiger partial charge on any atom is 0 e. The third kappa shape index (κ3) is 6.64. The number of benzene rings is 1. The molecule has 104 valence electrons. The Balaban J connectivity index is -0.000000468. The van der Waals surface area contributed by atoms with Crippen molar-refractivity contribution in [1.29, 1.82) is 0 Å². The van der Waals surface area contributed by atoms with Gasteiger partial charge in [0.25, 0.3) is 0 Å². The van der Waals surface area contributed by atoms with Crippen LogP contribution in [0.1, 0.15) is 61.1 Å². The molecule has 1 aromatic carbocycles. The molecule has 2 heteroatoms. The van der Waals surface area contributed by atoms with Crippen LogP contribution in [0, 0.1) is 47.0 Å². The average Bonchev–Trinajstić information content (AvgIpc) is 2.31. The fraction of sp³-hybridized carbons (Fsp3) is 0.471. The van der Waals surface area contributed by atoms with Gasteiger partial charge in [-0.25, -0.2) is 24.0 Å². The summed E-state index contributed by atoms with van der Waals surface area (Å²) < 4.78 is 0. The smallest absolute Gasteiger partial charge is 0 e. The van der Waals surface area contributed by atoms with Gasteiger partial charge in [0.05, 0.1) is 0 Å². The maximum atomic E-state index is 2.21. The molecule has 0 amide bonds. The zero-order valence-electron chi connectivity index (χ0n) is 13.9. The Hall–Kier alpha value is 1.17. The van der Waals surface area contributed by atoms with Crippen molar-refractivity contribution in [3.05, 3.63) is 52.6 Å². The van der Waals surface area contributed by atoms with Crippen molar-refractivity contribution in [1.82, 2.24) is 0 Å². The van der Waals surface area contributed by atoms with Crippen LogP contribution in [0.5, 0.6) is 0 Å². The van der Waals surface area contributed by atoms with Crippen molar-refractivity contribution in [2.24, 2.45) is 0 Å².